The lowest BCUT2D eigenvalue weighted by Gasteiger charge is -2.27. The number of carbonyl (C=O) groups is 1. The molecule has 2 aliphatic heterocycles. The predicted molar refractivity (Wildman–Crippen MR) is 152 cm³/mol. The van der Waals surface area contributed by atoms with Crippen LogP contribution in [-0.4, -0.2) is 55.8 Å². The Morgan fingerprint density at radius 1 is 0.900 bits per heavy atom. The van der Waals surface area contributed by atoms with Gasteiger partial charge in [-0.05, 0) is 55.9 Å². The molecule has 4 aromatic rings. The molecule has 0 saturated carbocycles. The number of rotatable bonds is 5. The van der Waals surface area contributed by atoms with Gasteiger partial charge < -0.3 is 20.0 Å². The number of nitrogens with one attached hydrogen (secondary N) is 3. The standard InChI is InChI=1S/C31H35FN6O2/c1-31(2,3)40-30(39)38-14-4-5-27(38)29-35-18-26(37-29)22-12-8-20(9-13-22)19-6-10-21(11-7-19)25-17-34-28(36-25)24-15-23(32)16-33-24/h6-13,17-18,23-24,27,33H,4-5,14-16H2,1-3H3,(H,34,36)(H,35,37)/t23-,24-,27-/m0/s1. The van der Waals surface area contributed by atoms with E-state index in [9.17, 15) is 9.18 Å². The molecule has 0 aliphatic carbocycles. The molecule has 2 aromatic carbocycles. The van der Waals surface area contributed by atoms with Gasteiger partial charge in [-0.1, -0.05) is 48.5 Å². The summed E-state index contributed by atoms with van der Waals surface area (Å²) < 4.78 is 19.1. The number of likely N-dealkylation sites (tertiary alicyclic amines) is 1. The van der Waals surface area contributed by atoms with Crippen LogP contribution >= 0.6 is 0 Å². The van der Waals surface area contributed by atoms with E-state index in [0.717, 1.165) is 58.1 Å². The van der Waals surface area contributed by atoms with Crippen molar-refractivity contribution >= 4 is 6.09 Å². The number of hydrogen-bond acceptors (Lipinski definition) is 5. The zero-order chi connectivity index (χ0) is 27.9. The van der Waals surface area contributed by atoms with Crippen LogP contribution in [0.3, 0.4) is 0 Å². The van der Waals surface area contributed by atoms with E-state index >= 15 is 0 Å². The smallest absolute Gasteiger partial charge is 0.410 e. The zero-order valence-electron chi connectivity index (χ0n) is 23.1. The van der Waals surface area contributed by atoms with E-state index in [1.807, 2.05) is 33.2 Å². The van der Waals surface area contributed by atoms with Crippen LogP contribution in [0.2, 0.25) is 0 Å². The van der Waals surface area contributed by atoms with E-state index in [1.54, 1.807) is 4.90 Å². The van der Waals surface area contributed by atoms with Gasteiger partial charge in [-0.15, -0.1) is 0 Å². The molecule has 4 heterocycles. The predicted octanol–water partition coefficient (Wildman–Crippen LogP) is 6.58. The largest absolute Gasteiger partial charge is 0.444 e. The van der Waals surface area contributed by atoms with E-state index in [4.69, 9.17) is 4.74 Å². The number of halogens is 1. The summed E-state index contributed by atoms with van der Waals surface area (Å²) in [6.07, 6.45) is 4.76. The monoisotopic (exact) mass is 542 g/mol. The minimum absolute atomic E-state index is 0.0606. The third-order valence-electron chi connectivity index (χ3n) is 7.52. The van der Waals surface area contributed by atoms with Crippen LogP contribution in [0.15, 0.2) is 60.9 Å². The average molecular weight is 543 g/mol. The van der Waals surface area contributed by atoms with E-state index in [0.29, 0.717) is 19.5 Å². The summed E-state index contributed by atoms with van der Waals surface area (Å²) in [5, 5.41) is 3.17. The molecule has 1 amide bonds. The first-order valence-corrected chi connectivity index (χ1v) is 13.9. The number of aromatic nitrogens is 4. The number of hydrogen-bond donors (Lipinski definition) is 3. The highest BCUT2D eigenvalue weighted by molar-refractivity contribution is 5.72. The molecule has 208 valence electrons. The third kappa shape index (κ3) is 5.51. The van der Waals surface area contributed by atoms with Gasteiger partial charge in [0.15, 0.2) is 0 Å². The second-order valence-electron chi connectivity index (χ2n) is 11.6. The number of alkyl halides is 1. The molecule has 0 spiro atoms. The summed E-state index contributed by atoms with van der Waals surface area (Å²) in [5.74, 6) is 1.57. The number of nitrogens with zero attached hydrogens (tertiary/aromatic N) is 3. The van der Waals surface area contributed by atoms with Gasteiger partial charge >= 0.3 is 6.09 Å². The lowest BCUT2D eigenvalue weighted by molar-refractivity contribution is 0.0218. The Kier molecular flexibility index (Phi) is 6.92. The number of H-pyrrole nitrogens is 2. The summed E-state index contributed by atoms with van der Waals surface area (Å²) >= 11 is 0. The number of aromatic amines is 2. The maximum absolute atomic E-state index is 13.5. The van der Waals surface area contributed by atoms with Crippen molar-refractivity contribution in [2.24, 2.45) is 0 Å². The first-order chi connectivity index (χ1) is 19.2. The molecule has 0 radical (unpaired) electrons. The molecule has 3 N–H and O–H groups in total. The molecule has 0 unspecified atom stereocenters. The summed E-state index contributed by atoms with van der Waals surface area (Å²) in [5.41, 5.74) is 5.58. The Labute approximate surface area is 233 Å². The summed E-state index contributed by atoms with van der Waals surface area (Å²) in [7, 11) is 0. The Hall–Kier alpha value is -3.98. The van der Waals surface area contributed by atoms with Crippen molar-refractivity contribution in [3.63, 3.8) is 0 Å². The van der Waals surface area contributed by atoms with Crippen molar-refractivity contribution in [3.8, 4) is 33.6 Å². The molecule has 2 fully saturated rings. The average Bonchev–Trinajstić information content (AvgIpc) is 3.74. The normalized spacial score (nSPS) is 21.2. The van der Waals surface area contributed by atoms with E-state index in [1.165, 1.54) is 0 Å². The third-order valence-corrected chi connectivity index (χ3v) is 7.52. The molecule has 6 rings (SSSR count). The van der Waals surface area contributed by atoms with E-state index in [-0.39, 0.29) is 18.2 Å². The highest BCUT2D eigenvalue weighted by Gasteiger charge is 2.35. The topological polar surface area (TPSA) is 98.9 Å². The fourth-order valence-corrected chi connectivity index (χ4v) is 5.49. The lowest BCUT2D eigenvalue weighted by Crippen LogP contribution is -2.36. The zero-order valence-corrected chi connectivity index (χ0v) is 23.1. The molecule has 40 heavy (non-hydrogen) atoms. The SMILES string of the molecule is CC(C)(C)OC(=O)N1CCC[C@H]1c1ncc(-c2ccc(-c3ccc(-c4cnc([C@@H]5C[C@H](F)CN5)[nH]4)cc3)cc2)[nH]1. The maximum Gasteiger partial charge on any atom is 0.410 e. The minimum atomic E-state index is -0.818. The maximum atomic E-state index is 13.5. The first-order valence-electron chi connectivity index (χ1n) is 13.9. The van der Waals surface area contributed by atoms with Crippen LogP contribution < -0.4 is 5.32 Å². The van der Waals surface area contributed by atoms with E-state index in [2.05, 4.69) is 73.8 Å². The van der Waals surface area contributed by atoms with Gasteiger partial charge in [-0.3, -0.25) is 4.90 Å². The first kappa shape index (κ1) is 26.3. The van der Waals surface area contributed by atoms with Gasteiger partial charge in [0.05, 0.1) is 35.9 Å². The number of benzene rings is 2. The quantitative estimate of drug-likeness (QED) is 0.265. The van der Waals surface area contributed by atoms with Gasteiger partial charge in [0.25, 0.3) is 0 Å². The molecule has 2 aromatic heterocycles. The second kappa shape index (κ2) is 10.5. The van der Waals surface area contributed by atoms with Crippen molar-refractivity contribution in [2.75, 3.05) is 13.1 Å². The van der Waals surface area contributed by atoms with Crippen molar-refractivity contribution < 1.29 is 13.9 Å². The Morgan fingerprint density at radius 3 is 2.00 bits per heavy atom. The van der Waals surface area contributed by atoms with Crippen molar-refractivity contribution in [1.29, 1.82) is 0 Å². The highest BCUT2D eigenvalue weighted by atomic mass is 19.1. The van der Waals surface area contributed by atoms with Crippen LogP contribution in [-0.2, 0) is 4.74 Å². The molecule has 2 saturated heterocycles. The van der Waals surface area contributed by atoms with Crippen LogP contribution in [0.1, 0.15) is 63.8 Å². The Bertz CT molecular complexity index is 1470. The summed E-state index contributed by atoms with van der Waals surface area (Å²) in [6, 6.07) is 16.5. The van der Waals surface area contributed by atoms with Crippen molar-refractivity contribution in [1.82, 2.24) is 30.2 Å². The van der Waals surface area contributed by atoms with E-state index < -0.39 is 11.8 Å². The second-order valence-corrected chi connectivity index (χ2v) is 11.6. The molecule has 8 nitrogen and oxygen atoms in total. The van der Waals surface area contributed by atoms with Gasteiger partial charge in [0, 0.05) is 19.5 Å². The molecule has 0 bridgehead atoms. The van der Waals surface area contributed by atoms with Crippen LogP contribution in [0, 0.1) is 0 Å². The summed E-state index contributed by atoms with van der Waals surface area (Å²) in [6.45, 7) is 6.69. The van der Waals surface area contributed by atoms with Crippen LogP contribution in [0.4, 0.5) is 9.18 Å². The lowest BCUT2D eigenvalue weighted by atomic mass is 10.0. The molecule has 9 heteroatoms. The minimum Gasteiger partial charge on any atom is -0.444 e. The van der Waals surface area contributed by atoms with Crippen LogP contribution in [0.25, 0.3) is 33.6 Å². The molecular formula is C31H35FN6O2. The number of imidazole rings is 2. The number of carbonyl (C=O) groups excluding carboxylic acids is 1. The summed E-state index contributed by atoms with van der Waals surface area (Å²) in [4.78, 5) is 30.3. The number of ether oxygens (including phenoxy) is 1. The molecular weight excluding hydrogens is 507 g/mol. The van der Waals surface area contributed by atoms with Crippen LogP contribution in [0.5, 0.6) is 0 Å². The molecule has 2 aliphatic rings. The fourth-order valence-electron chi connectivity index (χ4n) is 5.49. The Morgan fingerprint density at radius 2 is 1.45 bits per heavy atom. The molecule has 3 atom stereocenters. The Balaban J connectivity index is 1.13. The van der Waals surface area contributed by atoms with Gasteiger partial charge in [0.2, 0.25) is 0 Å². The number of amides is 1. The van der Waals surface area contributed by atoms with Gasteiger partial charge in [-0.2, -0.15) is 0 Å². The van der Waals surface area contributed by atoms with Gasteiger partial charge in [-0.25, -0.2) is 19.2 Å². The van der Waals surface area contributed by atoms with Crippen molar-refractivity contribution in [3.05, 3.63) is 72.6 Å². The fraction of sp³-hybridized carbons (Fsp3) is 0.387. The van der Waals surface area contributed by atoms with Gasteiger partial charge in [0.1, 0.15) is 23.4 Å². The highest BCUT2D eigenvalue weighted by Crippen LogP contribution is 2.33. The van der Waals surface area contributed by atoms with Crippen molar-refractivity contribution in [2.45, 2.75) is 63.9 Å².